The molecule has 0 aliphatic rings. The lowest BCUT2D eigenvalue weighted by atomic mass is 10.1. The Morgan fingerprint density at radius 2 is 1.74 bits per heavy atom. The fourth-order valence-electron chi connectivity index (χ4n) is 1.74. The molecule has 0 rings (SSSR count). The van der Waals surface area contributed by atoms with E-state index in [1.165, 1.54) is 22.8 Å². The van der Waals surface area contributed by atoms with Crippen LogP contribution in [0.15, 0.2) is 0 Å². The van der Waals surface area contributed by atoms with Gasteiger partial charge in [-0.05, 0) is 19.3 Å². The van der Waals surface area contributed by atoms with E-state index in [1.54, 1.807) is 7.05 Å². The number of hydrogen-bond acceptors (Lipinski definition) is 4. The van der Waals surface area contributed by atoms with Gasteiger partial charge in [0.2, 0.25) is 0 Å². The maximum absolute atomic E-state index is 12.3. The molecule has 0 aromatic heterocycles. The van der Waals surface area contributed by atoms with E-state index in [-0.39, 0.29) is 19.0 Å². The molecule has 7 heteroatoms. The molecule has 0 N–H and O–H groups in total. The van der Waals surface area contributed by atoms with Crippen molar-refractivity contribution >= 4 is 16.2 Å². The largest absolute Gasteiger partial charge is 0.469 e. The predicted octanol–water partition coefficient (Wildman–Crippen LogP) is 1.09. The van der Waals surface area contributed by atoms with Crippen LogP contribution in [0.3, 0.4) is 0 Å². The molecule has 0 bridgehead atoms. The highest BCUT2D eigenvalue weighted by atomic mass is 32.2. The first-order valence-electron chi connectivity index (χ1n) is 6.39. The Morgan fingerprint density at radius 1 is 1.21 bits per heavy atom. The van der Waals surface area contributed by atoms with E-state index in [2.05, 4.69) is 18.6 Å². The van der Waals surface area contributed by atoms with Crippen molar-refractivity contribution in [2.75, 3.05) is 27.7 Å². The summed E-state index contributed by atoms with van der Waals surface area (Å²) in [5.41, 5.74) is 0. The minimum atomic E-state index is -3.53. The first kappa shape index (κ1) is 18.3. The highest BCUT2D eigenvalue weighted by Gasteiger charge is 2.28. The quantitative estimate of drug-likeness (QED) is 0.629. The van der Waals surface area contributed by atoms with E-state index in [4.69, 9.17) is 0 Å². The summed E-state index contributed by atoms with van der Waals surface area (Å²) in [6.45, 7) is 6.11. The van der Waals surface area contributed by atoms with E-state index in [1.807, 2.05) is 6.92 Å². The number of rotatable bonds is 8. The van der Waals surface area contributed by atoms with Gasteiger partial charge in [-0.2, -0.15) is 17.0 Å². The second kappa shape index (κ2) is 7.81. The van der Waals surface area contributed by atoms with Crippen molar-refractivity contribution in [1.82, 2.24) is 8.61 Å². The highest BCUT2D eigenvalue weighted by molar-refractivity contribution is 7.86. The molecule has 0 heterocycles. The SMILES string of the molecule is COC(=O)CCN(C)S(=O)(=O)N(C)C(C)CC(C)C. The van der Waals surface area contributed by atoms with Crippen molar-refractivity contribution in [1.29, 1.82) is 0 Å². The zero-order chi connectivity index (χ0) is 15.2. The van der Waals surface area contributed by atoms with Crippen LogP contribution in [-0.4, -0.2) is 56.8 Å². The maximum Gasteiger partial charge on any atom is 0.306 e. The summed E-state index contributed by atoms with van der Waals surface area (Å²) < 4.78 is 31.5. The van der Waals surface area contributed by atoms with Crippen molar-refractivity contribution in [3.63, 3.8) is 0 Å². The van der Waals surface area contributed by atoms with E-state index in [0.29, 0.717) is 5.92 Å². The topological polar surface area (TPSA) is 66.9 Å². The van der Waals surface area contributed by atoms with Crippen LogP contribution in [0.2, 0.25) is 0 Å². The molecule has 0 saturated carbocycles. The fraction of sp³-hybridized carbons (Fsp3) is 0.917. The van der Waals surface area contributed by atoms with Crippen LogP contribution in [0.4, 0.5) is 0 Å². The average molecular weight is 294 g/mol. The zero-order valence-corrected chi connectivity index (χ0v) is 13.5. The van der Waals surface area contributed by atoms with Crippen LogP contribution < -0.4 is 0 Å². The minimum absolute atomic E-state index is 0.0542. The monoisotopic (exact) mass is 294 g/mol. The summed E-state index contributed by atoms with van der Waals surface area (Å²) in [5.74, 6) is 0.00737. The van der Waals surface area contributed by atoms with Crippen molar-refractivity contribution in [2.24, 2.45) is 5.92 Å². The van der Waals surface area contributed by atoms with Crippen molar-refractivity contribution in [3.05, 3.63) is 0 Å². The number of nitrogens with zero attached hydrogens (tertiary/aromatic N) is 2. The first-order valence-corrected chi connectivity index (χ1v) is 7.78. The molecule has 0 aliphatic heterocycles. The highest BCUT2D eigenvalue weighted by Crippen LogP contribution is 2.15. The minimum Gasteiger partial charge on any atom is -0.469 e. The lowest BCUT2D eigenvalue weighted by Crippen LogP contribution is -2.45. The molecule has 0 amide bonds. The number of esters is 1. The molecule has 0 spiro atoms. The number of methoxy groups -OCH3 is 1. The normalized spacial score (nSPS) is 14.2. The van der Waals surface area contributed by atoms with Crippen LogP contribution in [-0.2, 0) is 19.7 Å². The Kier molecular flexibility index (Phi) is 7.54. The van der Waals surface area contributed by atoms with Crippen LogP contribution >= 0.6 is 0 Å². The van der Waals surface area contributed by atoms with Gasteiger partial charge in [0.05, 0.1) is 13.5 Å². The van der Waals surface area contributed by atoms with Gasteiger partial charge in [-0.3, -0.25) is 4.79 Å². The summed E-state index contributed by atoms with van der Waals surface area (Å²) in [6, 6.07) is -0.0782. The van der Waals surface area contributed by atoms with Crippen molar-refractivity contribution in [2.45, 2.75) is 39.7 Å². The lowest BCUT2D eigenvalue weighted by Gasteiger charge is -2.29. The van der Waals surface area contributed by atoms with Gasteiger partial charge in [0, 0.05) is 26.7 Å². The standard InChI is InChI=1S/C12H26N2O4S/c1-10(2)9-11(3)14(5)19(16,17)13(4)8-7-12(15)18-6/h10-11H,7-9H2,1-6H3. The number of carbonyl (C=O) groups is 1. The molecular formula is C12H26N2O4S. The number of hydrogen-bond donors (Lipinski definition) is 0. The fourth-order valence-corrected chi connectivity index (χ4v) is 3.05. The summed E-state index contributed by atoms with van der Waals surface area (Å²) in [4.78, 5) is 11.0. The Hall–Kier alpha value is -0.660. The molecule has 0 aliphatic carbocycles. The molecule has 1 atom stereocenters. The van der Waals surface area contributed by atoms with E-state index >= 15 is 0 Å². The van der Waals surface area contributed by atoms with Gasteiger partial charge in [0.25, 0.3) is 10.2 Å². The summed E-state index contributed by atoms with van der Waals surface area (Å²) in [7, 11) is 0.792. The average Bonchev–Trinajstić information content (AvgIpc) is 2.33. The summed E-state index contributed by atoms with van der Waals surface area (Å²) >= 11 is 0. The van der Waals surface area contributed by atoms with E-state index in [9.17, 15) is 13.2 Å². The first-order chi connectivity index (χ1) is 8.62. The number of carbonyl (C=O) groups excluding carboxylic acids is 1. The lowest BCUT2D eigenvalue weighted by molar-refractivity contribution is -0.140. The maximum atomic E-state index is 12.3. The van der Waals surface area contributed by atoms with Gasteiger partial charge in [0.1, 0.15) is 0 Å². The van der Waals surface area contributed by atoms with Crippen LogP contribution in [0, 0.1) is 5.92 Å². The second-order valence-corrected chi connectivity index (χ2v) is 7.25. The third kappa shape index (κ3) is 5.88. The molecule has 0 saturated heterocycles. The van der Waals surface area contributed by atoms with Crippen molar-refractivity contribution in [3.8, 4) is 0 Å². The van der Waals surface area contributed by atoms with E-state index in [0.717, 1.165) is 6.42 Å². The Morgan fingerprint density at radius 3 is 2.16 bits per heavy atom. The van der Waals surface area contributed by atoms with Gasteiger partial charge in [-0.1, -0.05) is 13.8 Å². The molecule has 0 aromatic rings. The Balaban J connectivity index is 4.62. The van der Waals surface area contributed by atoms with E-state index < -0.39 is 16.2 Å². The summed E-state index contributed by atoms with van der Waals surface area (Å²) in [5, 5.41) is 0. The van der Waals surface area contributed by atoms with Gasteiger partial charge in [0.15, 0.2) is 0 Å². The zero-order valence-electron chi connectivity index (χ0n) is 12.7. The van der Waals surface area contributed by atoms with Gasteiger partial charge >= 0.3 is 5.97 Å². The van der Waals surface area contributed by atoms with Gasteiger partial charge in [-0.15, -0.1) is 0 Å². The Labute approximate surface area is 116 Å². The van der Waals surface area contributed by atoms with Crippen LogP contribution in [0.1, 0.15) is 33.6 Å². The molecule has 19 heavy (non-hydrogen) atoms. The third-order valence-electron chi connectivity index (χ3n) is 3.05. The molecule has 1 unspecified atom stereocenters. The van der Waals surface area contributed by atoms with Gasteiger partial charge < -0.3 is 4.74 Å². The second-order valence-electron chi connectivity index (χ2n) is 5.15. The molecule has 114 valence electrons. The molecule has 6 nitrogen and oxygen atoms in total. The smallest absolute Gasteiger partial charge is 0.306 e. The summed E-state index contributed by atoms with van der Waals surface area (Å²) in [6.07, 6.45) is 0.846. The third-order valence-corrected chi connectivity index (χ3v) is 5.11. The molecular weight excluding hydrogens is 268 g/mol. The van der Waals surface area contributed by atoms with Crippen molar-refractivity contribution < 1.29 is 17.9 Å². The van der Waals surface area contributed by atoms with Crippen LogP contribution in [0.25, 0.3) is 0 Å². The number of ether oxygens (including phenoxy) is 1. The van der Waals surface area contributed by atoms with Gasteiger partial charge in [-0.25, -0.2) is 0 Å². The predicted molar refractivity (Wildman–Crippen MR) is 74.9 cm³/mol. The Bertz CT molecular complexity index is 381. The molecule has 0 fully saturated rings. The van der Waals surface area contributed by atoms with Crippen LogP contribution in [0.5, 0.6) is 0 Å². The molecule has 0 aromatic carbocycles. The molecule has 0 radical (unpaired) electrons.